The van der Waals surface area contributed by atoms with E-state index < -0.39 is 125 Å². The van der Waals surface area contributed by atoms with Gasteiger partial charge in [0.05, 0.1) is 70.1 Å². The topological polar surface area (TPSA) is 487 Å². The fourth-order valence-corrected chi connectivity index (χ4v) is 10.8. The van der Waals surface area contributed by atoms with E-state index in [9.17, 15) is 66.0 Å². The number of nitrogens with one attached hydrogen (secondary N) is 10. The first-order valence-electron chi connectivity index (χ1n) is 27.6. The third-order valence-corrected chi connectivity index (χ3v) is 15.7. The molecule has 8 bridgehead atoms. The quantitative estimate of drug-likeness (QED) is 0.0189. The van der Waals surface area contributed by atoms with Gasteiger partial charge < -0.3 is 82.7 Å². The summed E-state index contributed by atoms with van der Waals surface area (Å²) in [5.74, 6) is -10.4. The molecule has 8 amide bonds. The number of nitrogens with zero attached hydrogens (tertiary/aromatic N) is 3. The van der Waals surface area contributed by atoms with Gasteiger partial charge in [0.2, 0.25) is 17.7 Å². The number of esters is 1. The molecule has 0 radical (unpaired) electrons. The first kappa shape index (κ1) is 65.9. The number of fused-ring (bicyclic) bond motifs is 8. The number of urea groups is 1. The van der Waals surface area contributed by atoms with Crippen LogP contribution in [0.2, 0.25) is 0 Å². The number of aromatic amines is 2. The van der Waals surface area contributed by atoms with Crippen molar-refractivity contribution in [2.45, 2.75) is 128 Å². The predicted molar refractivity (Wildman–Crippen MR) is 304 cm³/mol. The summed E-state index contributed by atoms with van der Waals surface area (Å²) >= 11 is 0. The van der Waals surface area contributed by atoms with Crippen LogP contribution in [0, 0.1) is 13.8 Å². The van der Waals surface area contributed by atoms with Gasteiger partial charge in [0, 0.05) is 102 Å². The maximum absolute atomic E-state index is 14.4. The molecule has 3 aromatic heterocycles. The summed E-state index contributed by atoms with van der Waals surface area (Å²) in [6.07, 6.45) is -2.82. The third kappa shape index (κ3) is 17.0. The number of guanidine groups is 1. The van der Waals surface area contributed by atoms with Crippen LogP contribution in [-0.4, -0.2) is 162 Å². The second kappa shape index (κ2) is 29.1. The number of aromatic nitrogens is 4. The fraction of sp³-hybridized carbons (Fsp3) is 0.500. The highest BCUT2D eigenvalue weighted by molar-refractivity contribution is 7.85. The molecule has 86 heavy (non-hydrogen) atoms. The number of ether oxygens (including phenoxy) is 1. The van der Waals surface area contributed by atoms with Gasteiger partial charge in [0.1, 0.15) is 12.1 Å². The molecule has 31 nitrogen and oxygen atoms in total. The summed E-state index contributed by atoms with van der Waals surface area (Å²) in [4.78, 5) is 159. The summed E-state index contributed by atoms with van der Waals surface area (Å²) in [6.45, 7) is 8.96. The normalized spacial score (nSPS) is 20.7. The average Bonchev–Trinajstić information content (AvgIpc) is 2.16. The summed E-state index contributed by atoms with van der Waals surface area (Å²) in [6, 6.07) is -0.597. The van der Waals surface area contributed by atoms with Crippen molar-refractivity contribution >= 4 is 97.5 Å². The molecule has 7 atom stereocenters. The van der Waals surface area contributed by atoms with Gasteiger partial charge in [0.15, 0.2) is 11.7 Å². The van der Waals surface area contributed by atoms with Crippen LogP contribution in [0.25, 0.3) is 22.1 Å². The average molecular weight is 1220 g/mol. The van der Waals surface area contributed by atoms with E-state index in [1.165, 1.54) is 6.92 Å². The number of amides is 8. The lowest BCUT2D eigenvalue weighted by Crippen LogP contribution is -2.55. The minimum atomic E-state index is -4.77. The number of ketones is 1. The van der Waals surface area contributed by atoms with Crippen molar-refractivity contribution < 1.29 is 75.6 Å². The van der Waals surface area contributed by atoms with Crippen LogP contribution in [-0.2, 0) is 54.9 Å². The van der Waals surface area contributed by atoms with E-state index in [1.807, 2.05) is 32.2 Å². The lowest BCUT2D eigenvalue weighted by Gasteiger charge is -2.22. The Labute approximate surface area is 493 Å². The molecule has 3 aromatic rings. The molecule has 6 heterocycles. The molecule has 6 rings (SSSR count). The number of H-pyrrole nitrogens is 2. The molecule has 14 N–H and O–H groups in total. The SMILES string of the molecule is CC[C@H]1c2cc3[nH]c(c(CC(=O)OC)c4nc(cc5[nH]c(cc(n2)[C@@H]1C)c(C(C)=O)c5C)[C@@H](C)[C@@H]4CCC(=O)NC1CNC(=O)CC(C(=O)[O-])NC(=O)ONC(=O)C(CCCN=C(N)N)NC(=O)NCCNC1=O)c(C(=O)NCCS(=O)(=O)[O-])c3C. The summed E-state index contributed by atoms with van der Waals surface area (Å²) in [5.41, 5.74) is 17.4. The van der Waals surface area contributed by atoms with Crippen molar-refractivity contribution in [3.63, 3.8) is 0 Å². The lowest BCUT2D eigenvalue weighted by atomic mass is 9.84. The third-order valence-electron chi connectivity index (χ3n) is 15.0. The number of hydrogen-bond donors (Lipinski definition) is 12. The Morgan fingerprint density at radius 2 is 1.50 bits per heavy atom. The molecule has 0 aromatic carbocycles. The van der Waals surface area contributed by atoms with Crippen LogP contribution in [0.1, 0.15) is 150 Å². The standard InChI is InChI=1S/C54H73N15O16S/c1-8-29-24(2)33-21-38-44(28(6)70)26(4)35(63-38)19-34-25(3)30(46(65-34)31(18-43(73)84-7)47-45(50(76)58-16-17-86(81,82)83)27(5)36(66-47)20-37(29)62-33)11-12-41(71)64-40-23-61-42(72)22-39(51(77)78)68-54(80)85-69-49(75)32(10-9-13-59-52(55)56)67-53(79)60-15-14-57-48(40)74/h19-21,24-25,29-30,32,39-40,63,66H,8-18,22-23H2,1-7H3,(H,57,74)(H,58,76)(H,61,72)(H,64,71)(H,68,80)(H,69,75)(H,77,78)(H4,55,56,59)(H2,60,67,79)(H,81,82,83)/p-2/t24-,25+,29-,30+,32?,39?,40?/m1/s1. The van der Waals surface area contributed by atoms with E-state index in [1.54, 1.807) is 31.5 Å². The van der Waals surface area contributed by atoms with Crippen molar-refractivity contribution in [1.29, 1.82) is 0 Å². The predicted octanol–water partition coefficient (Wildman–Crippen LogP) is -1.19. The number of methoxy groups -OCH3 is 1. The lowest BCUT2D eigenvalue weighted by molar-refractivity contribution is -0.308. The van der Waals surface area contributed by atoms with Gasteiger partial charge in [-0.15, -0.1) is 0 Å². The maximum Gasteiger partial charge on any atom is 0.432 e. The van der Waals surface area contributed by atoms with Gasteiger partial charge in [-0.2, -0.15) is 5.48 Å². The van der Waals surface area contributed by atoms with Gasteiger partial charge in [-0.25, -0.2) is 18.0 Å². The minimum Gasteiger partial charge on any atom is -0.748 e. The Kier molecular flexibility index (Phi) is 22.3. The zero-order valence-corrected chi connectivity index (χ0v) is 49.2. The number of nitrogens with two attached hydrogens (primary N) is 2. The van der Waals surface area contributed by atoms with Gasteiger partial charge in [-0.05, 0) is 75.8 Å². The van der Waals surface area contributed by atoms with Gasteiger partial charge in [0.25, 0.3) is 11.8 Å². The molecule has 0 saturated carbocycles. The van der Waals surface area contributed by atoms with Crippen molar-refractivity contribution in [3.05, 3.63) is 68.8 Å². The number of carbonyl (C=O) groups excluding carboxylic acids is 10. The molecule has 0 aliphatic carbocycles. The largest absolute Gasteiger partial charge is 0.748 e. The van der Waals surface area contributed by atoms with Gasteiger partial charge in [-0.3, -0.25) is 48.5 Å². The molecular weight excluding hydrogens is 1150 g/mol. The molecule has 3 aliphatic rings. The van der Waals surface area contributed by atoms with E-state index in [0.29, 0.717) is 56.7 Å². The van der Waals surface area contributed by atoms with Crippen molar-refractivity contribution in [3.8, 4) is 0 Å². The summed E-state index contributed by atoms with van der Waals surface area (Å²) < 4.78 is 40.2. The number of aliphatic carboxylic acids is 1. The van der Waals surface area contributed by atoms with Crippen LogP contribution in [0.15, 0.2) is 23.2 Å². The van der Waals surface area contributed by atoms with E-state index in [4.69, 9.17) is 26.2 Å². The number of rotatable bonds is 17. The molecule has 3 aliphatic heterocycles. The minimum absolute atomic E-state index is 0.0302. The van der Waals surface area contributed by atoms with Crippen LogP contribution >= 0.6 is 0 Å². The van der Waals surface area contributed by atoms with Crippen molar-refractivity contribution in [2.24, 2.45) is 16.5 Å². The second-order valence-electron chi connectivity index (χ2n) is 20.9. The molecular formula is C54H71N15O16S-2. The Morgan fingerprint density at radius 1 is 0.849 bits per heavy atom. The highest BCUT2D eigenvalue weighted by atomic mass is 32.2. The second-order valence-corrected chi connectivity index (χ2v) is 22.4. The Bertz CT molecular complexity index is 3490. The van der Waals surface area contributed by atoms with E-state index in [0.717, 1.165) is 7.11 Å². The number of carboxylic acid groups (broad SMARTS) is 1. The number of aryl methyl sites for hydroxylation is 2. The van der Waals surface area contributed by atoms with Crippen LogP contribution in [0.3, 0.4) is 0 Å². The number of hydrogen-bond acceptors (Lipinski definition) is 19. The molecule has 32 heteroatoms. The van der Waals surface area contributed by atoms with E-state index in [2.05, 4.69) is 51.7 Å². The zero-order chi connectivity index (χ0) is 63.3. The monoisotopic (exact) mass is 1220 g/mol. The number of carboxylic acids is 1. The zero-order valence-electron chi connectivity index (χ0n) is 48.4. The highest BCUT2D eigenvalue weighted by Gasteiger charge is 2.36. The number of Topliss-reactive ketones (excluding diaryl/α,β-unsaturated/α-hetero) is 1. The fourth-order valence-electron chi connectivity index (χ4n) is 10.5. The first-order chi connectivity index (χ1) is 40.6. The number of hydroxylamine groups is 1. The van der Waals surface area contributed by atoms with E-state index in [-0.39, 0.29) is 91.2 Å². The maximum atomic E-state index is 14.4. The van der Waals surface area contributed by atoms with Crippen LogP contribution < -0.4 is 59.3 Å². The highest BCUT2D eigenvalue weighted by Crippen LogP contribution is 2.44. The Hall–Kier alpha value is -9.20. The Morgan fingerprint density at radius 3 is 2.16 bits per heavy atom. The molecule has 1 saturated heterocycles. The number of aliphatic imine (C=N–C) groups is 1. The van der Waals surface area contributed by atoms with Crippen LogP contribution in [0.5, 0.6) is 0 Å². The van der Waals surface area contributed by atoms with Crippen molar-refractivity contribution in [2.75, 3.05) is 45.6 Å². The molecule has 466 valence electrons. The summed E-state index contributed by atoms with van der Waals surface area (Å²) in [5, 5.41) is 28.8. The van der Waals surface area contributed by atoms with E-state index >= 15 is 0 Å². The van der Waals surface area contributed by atoms with Crippen molar-refractivity contribution in [1.82, 2.24) is 62.6 Å². The smallest absolute Gasteiger partial charge is 0.432 e. The molecule has 0 spiro atoms. The van der Waals surface area contributed by atoms with Gasteiger partial charge >= 0.3 is 18.1 Å². The van der Waals surface area contributed by atoms with Gasteiger partial charge in [-0.1, -0.05) is 20.8 Å². The Balaban J connectivity index is 1.42. The number of carbonyl (C=O) groups is 10. The van der Waals surface area contributed by atoms with Crippen LogP contribution in [0.4, 0.5) is 9.59 Å². The first-order valence-corrected chi connectivity index (χ1v) is 29.2. The molecule has 3 unspecified atom stereocenters. The molecule has 1 fully saturated rings. The summed E-state index contributed by atoms with van der Waals surface area (Å²) in [7, 11) is -3.61.